The number of benzene rings is 1. The van der Waals surface area contributed by atoms with E-state index in [2.05, 4.69) is 68.3 Å². The fourth-order valence-corrected chi connectivity index (χ4v) is 2.87. The highest BCUT2D eigenvalue weighted by Gasteiger charge is 2.05. The largest absolute Gasteiger partial charge is 0.312 e. The minimum absolute atomic E-state index is 0.676. The van der Waals surface area contributed by atoms with Crippen molar-refractivity contribution in [1.29, 1.82) is 0 Å². The zero-order valence-electron chi connectivity index (χ0n) is 13.3. The molecule has 0 spiro atoms. The minimum atomic E-state index is 0.676. The third kappa shape index (κ3) is 5.18. The maximum absolute atomic E-state index is 4.62. The quantitative estimate of drug-likeness (QED) is 0.844. The van der Waals surface area contributed by atoms with Gasteiger partial charge in [-0.3, -0.25) is 0 Å². The molecule has 0 saturated carbocycles. The van der Waals surface area contributed by atoms with Crippen molar-refractivity contribution in [2.75, 3.05) is 6.54 Å². The second kappa shape index (κ2) is 7.62. The van der Waals surface area contributed by atoms with Gasteiger partial charge in [-0.25, -0.2) is 4.98 Å². The number of pyridine rings is 1. The van der Waals surface area contributed by atoms with Gasteiger partial charge < -0.3 is 5.32 Å². The zero-order chi connectivity index (χ0) is 15.2. The number of rotatable bonds is 6. The summed E-state index contributed by atoms with van der Waals surface area (Å²) in [5.74, 6) is 0.676. The molecule has 21 heavy (non-hydrogen) atoms. The van der Waals surface area contributed by atoms with Gasteiger partial charge in [0.25, 0.3) is 0 Å². The molecule has 0 aliphatic rings. The van der Waals surface area contributed by atoms with Crippen LogP contribution in [-0.4, -0.2) is 11.5 Å². The van der Waals surface area contributed by atoms with E-state index in [0.29, 0.717) is 5.92 Å². The third-order valence-electron chi connectivity index (χ3n) is 3.20. The summed E-state index contributed by atoms with van der Waals surface area (Å²) in [5, 5.41) is 4.55. The van der Waals surface area contributed by atoms with Crippen LogP contribution in [0.25, 0.3) is 0 Å². The van der Waals surface area contributed by atoms with Crippen molar-refractivity contribution >= 4 is 11.8 Å². The van der Waals surface area contributed by atoms with E-state index in [9.17, 15) is 0 Å². The van der Waals surface area contributed by atoms with Gasteiger partial charge in [0.05, 0.1) is 0 Å². The Morgan fingerprint density at radius 3 is 2.48 bits per heavy atom. The fourth-order valence-electron chi connectivity index (χ4n) is 2.05. The van der Waals surface area contributed by atoms with Crippen molar-refractivity contribution in [1.82, 2.24) is 10.3 Å². The first kappa shape index (κ1) is 16.1. The molecule has 0 bridgehead atoms. The molecule has 0 saturated heterocycles. The average molecular weight is 300 g/mol. The summed E-state index contributed by atoms with van der Waals surface area (Å²) in [6, 6.07) is 10.8. The first-order chi connectivity index (χ1) is 10.0. The topological polar surface area (TPSA) is 24.9 Å². The zero-order valence-corrected chi connectivity index (χ0v) is 14.1. The number of nitrogens with one attached hydrogen (secondary N) is 1. The van der Waals surface area contributed by atoms with Gasteiger partial charge in [-0.15, -0.1) is 0 Å². The Labute approximate surface area is 132 Å². The summed E-state index contributed by atoms with van der Waals surface area (Å²) in [6.07, 6.45) is 1.98. The van der Waals surface area contributed by atoms with Crippen LogP contribution >= 0.6 is 11.8 Å². The van der Waals surface area contributed by atoms with Crippen LogP contribution in [0.2, 0.25) is 0 Å². The van der Waals surface area contributed by atoms with Crippen molar-refractivity contribution in [3.63, 3.8) is 0 Å². The molecule has 0 aliphatic carbocycles. The molecule has 1 aromatic carbocycles. The molecule has 0 radical (unpaired) electrons. The van der Waals surface area contributed by atoms with E-state index in [1.165, 1.54) is 21.6 Å². The standard InChI is InChI=1S/C18H24N2S/c1-13(2)10-19-11-16-9-15(4)18(20-12-16)21-17-7-5-14(3)6-8-17/h5-9,12-13,19H,10-11H2,1-4H3. The maximum atomic E-state index is 4.62. The highest BCUT2D eigenvalue weighted by atomic mass is 32.2. The number of aryl methyl sites for hydroxylation is 2. The van der Waals surface area contributed by atoms with Gasteiger partial charge in [-0.05, 0) is 49.6 Å². The molecule has 0 fully saturated rings. The lowest BCUT2D eigenvalue weighted by Crippen LogP contribution is -2.19. The second-order valence-electron chi connectivity index (χ2n) is 5.91. The average Bonchev–Trinajstić information content (AvgIpc) is 2.44. The Bertz CT molecular complexity index is 576. The van der Waals surface area contributed by atoms with Gasteiger partial charge in [-0.1, -0.05) is 49.4 Å². The van der Waals surface area contributed by atoms with E-state index in [1.54, 1.807) is 11.8 Å². The molecule has 2 rings (SSSR count). The lowest BCUT2D eigenvalue weighted by molar-refractivity contribution is 0.551. The monoisotopic (exact) mass is 300 g/mol. The number of hydrogen-bond acceptors (Lipinski definition) is 3. The van der Waals surface area contributed by atoms with Crippen molar-refractivity contribution < 1.29 is 0 Å². The van der Waals surface area contributed by atoms with Gasteiger partial charge in [0.15, 0.2) is 0 Å². The van der Waals surface area contributed by atoms with Gasteiger partial charge in [-0.2, -0.15) is 0 Å². The Balaban J connectivity index is 2.00. The molecule has 112 valence electrons. The Morgan fingerprint density at radius 2 is 1.86 bits per heavy atom. The lowest BCUT2D eigenvalue weighted by atomic mass is 10.2. The van der Waals surface area contributed by atoms with Gasteiger partial charge in [0.2, 0.25) is 0 Å². The normalized spacial score (nSPS) is 11.1. The molecule has 0 unspecified atom stereocenters. The van der Waals surface area contributed by atoms with E-state index < -0.39 is 0 Å². The van der Waals surface area contributed by atoms with E-state index in [4.69, 9.17) is 0 Å². The molecule has 3 heteroatoms. The van der Waals surface area contributed by atoms with Crippen LogP contribution in [-0.2, 0) is 6.54 Å². The molecular formula is C18H24N2S. The van der Waals surface area contributed by atoms with E-state index in [0.717, 1.165) is 18.1 Å². The van der Waals surface area contributed by atoms with E-state index >= 15 is 0 Å². The summed E-state index contributed by atoms with van der Waals surface area (Å²) in [4.78, 5) is 5.85. The molecule has 2 aromatic rings. The molecule has 0 aliphatic heterocycles. The predicted molar refractivity (Wildman–Crippen MR) is 90.8 cm³/mol. The Hall–Kier alpha value is -1.32. The lowest BCUT2D eigenvalue weighted by Gasteiger charge is -2.10. The molecular weight excluding hydrogens is 276 g/mol. The highest BCUT2D eigenvalue weighted by molar-refractivity contribution is 7.99. The molecule has 0 amide bonds. The van der Waals surface area contributed by atoms with Crippen LogP contribution in [0, 0.1) is 19.8 Å². The summed E-state index contributed by atoms with van der Waals surface area (Å²) in [5.41, 5.74) is 3.78. The van der Waals surface area contributed by atoms with Crippen molar-refractivity contribution in [2.45, 2.75) is 44.2 Å². The Kier molecular flexibility index (Phi) is 5.83. The summed E-state index contributed by atoms with van der Waals surface area (Å²) < 4.78 is 0. The summed E-state index contributed by atoms with van der Waals surface area (Å²) in [7, 11) is 0. The van der Waals surface area contributed by atoms with Crippen LogP contribution in [0.1, 0.15) is 30.5 Å². The third-order valence-corrected chi connectivity index (χ3v) is 4.33. The molecule has 2 nitrogen and oxygen atoms in total. The summed E-state index contributed by atoms with van der Waals surface area (Å²) in [6.45, 7) is 10.6. The molecule has 1 aromatic heterocycles. The van der Waals surface area contributed by atoms with E-state index in [-0.39, 0.29) is 0 Å². The van der Waals surface area contributed by atoms with Crippen molar-refractivity contribution in [3.05, 3.63) is 53.2 Å². The van der Waals surface area contributed by atoms with Crippen LogP contribution in [0.3, 0.4) is 0 Å². The second-order valence-corrected chi connectivity index (χ2v) is 6.97. The number of nitrogens with zero attached hydrogens (tertiary/aromatic N) is 1. The maximum Gasteiger partial charge on any atom is 0.104 e. The van der Waals surface area contributed by atoms with Gasteiger partial charge >= 0.3 is 0 Å². The van der Waals surface area contributed by atoms with Crippen molar-refractivity contribution in [2.24, 2.45) is 5.92 Å². The van der Waals surface area contributed by atoms with Crippen LogP contribution in [0.15, 0.2) is 46.5 Å². The first-order valence-corrected chi connectivity index (χ1v) is 8.27. The van der Waals surface area contributed by atoms with E-state index in [1.807, 2.05) is 6.20 Å². The highest BCUT2D eigenvalue weighted by Crippen LogP contribution is 2.28. The first-order valence-electron chi connectivity index (χ1n) is 7.45. The van der Waals surface area contributed by atoms with Gasteiger partial charge in [0.1, 0.15) is 5.03 Å². The predicted octanol–water partition coefficient (Wildman–Crippen LogP) is 4.60. The summed E-state index contributed by atoms with van der Waals surface area (Å²) >= 11 is 1.73. The van der Waals surface area contributed by atoms with Crippen molar-refractivity contribution in [3.8, 4) is 0 Å². The Morgan fingerprint density at radius 1 is 1.14 bits per heavy atom. The SMILES string of the molecule is Cc1ccc(Sc2ncc(CNCC(C)C)cc2C)cc1. The van der Waals surface area contributed by atoms with Gasteiger partial charge in [0, 0.05) is 17.6 Å². The number of aromatic nitrogens is 1. The minimum Gasteiger partial charge on any atom is -0.312 e. The number of hydrogen-bond donors (Lipinski definition) is 1. The molecule has 1 heterocycles. The van der Waals surface area contributed by atoms with Crippen LogP contribution in [0.5, 0.6) is 0 Å². The molecule has 0 atom stereocenters. The van der Waals surface area contributed by atoms with Crippen LogP contribution in [0.4, 0.5) is 0 Å². The fraction of sp³-hybridized carbons (Fsp3) is 0.389. The smallest absolute Gasteiger partial charge is 0.104 e. The molecule has 1 N–H and O–H groups in total. The van der Waals surface area contributed by atoms with Crippen LogP contribution < -0.4 is 5.32 Å².